The molecule has 1 aliphatic carbocycles. The summed E-state index contributed by atoms with van der Waals surface area (Å²) in [4.78, 5) is 2.54. The number of hydrogen-bond donors (Lipinski definition) is 1. The number of nitrogens with zero attached hydrogens (tertiary/aromatic N) is 1. The number of rotatable bonds is 6. The molecule has 2 fully saturated rings. The minimum absolute atomic E-state index is 0.955. The van der Waals surface area contributed by atoms with Crippen LogP contribution in [0.5, 0.6) is 0 Å². The lowest BCUT2D eigenvalue weighted by molar-refractivity contribution is 0.231. The van der Waals surface area contributed by atoms with E-state index in [1.807, 2.05) is 0 Å². The van der Waals surface area contributed by atoms with Gasteiger partial charge in [0.25, 0.3) is 0 Å². The maximum atomic E-state index is 3.45. The van der Waals surface area contributed by atoms with Crippen molar-refractivity contribution in [3.05, 3.63) is 0 Å². The van der Waals surface area contributed by atoms with Gasteiger partial charge in [-0.3, -0.25) is 0 Å². The Balaban J connectivity index is 1.49. The van der Waals surface area contributed by atoms with Crippen LogP contribution in [0.25, 0.3) is 0 Å². The van der Waals surface area contributed by atoms with Crippen molar-refractivity contribution in [2.75, 3.05) is 33.2 Å². The first-order valence-electron chi connectivity index (χ1n) is 6.74. The highest BCUT2D eigenvalue weighted by Gasteiger charge is 2.18. The summed E-state index contributed by atoms with van der Waals surface area (Å²) in [5.74, 6) is 2.02. The van der Waals surface area contributed by atoms with Gasteiger partial charge in [0.05, 0.1) is 0 Å². The van der Waals surface area contributed by atoms with Gasteiger partial charge in [0.2, 0.25) is 0 Å². The van der Waals surface area contributed by atoms with Crippen LogP contribution in [0, 0.1) is 11.8 Å². The Morgan fingerprint density at radius 2 is 1.80 bits per heavy atom. The summed E-state index contributed by atoms with van der Waals surface area (Å²) in [6.45, 7) is 5.14. The molecule has 0 aromatic rings. The van der Waals surface area contributed by atoms with Crippen LogP contribution in [0.15, 0.2) is 0 Å². The summed E-state index contributed by atoms with van der Waals surface area (Å²) in [5, 5.41) is 3.45. The predicted octanol–water partition coefficient (Wildman–Crippen LogP) is 2.11. The van der Waals surface area contributed by atoms with Crippen molar-refractivity contribution in [3.8, 4) is 0 Å². The fourth-order valence-corrected chi connectivity index (χ4v) is 2.66. The van der Waals surface area contributed by atoms with Crippen molar-refractivity contribution in [1.82, 2.24) is 10.2 Å². The fraction of sp³-hybridized carbons (Fsp3) is 1.00. The lowest BCUT2D eigenvalue weighted by Crippen LogP contribution is -2.26. The monoisotopic (exact) mass is 210 g/mol. The number of nitrogens with one attached hydrogen (secondary N) is 1. The molecule has 1 atom stereocenters. The van der Waals surface area contributed by atoms with Gasteiger partial charge < -0.3 is 10.2 Å². The highest BCUT2D eigenvalue weighted by molar-refractivity contribution is 4.73. The lowest BCUT2D eigenvalue weighted by atomic mass is 9.83. The summed E-state index contributed by atoms with van der Waals surface area (Å²) in [6, 6.07) is 0. The average Bonchev–Trinajstić information content (AvgIpc) is 2.64. The Morgan fingerprint density at radius 3 is 2.33 bits per heavy atom. The highest BCUT2D eigenvalue weighted by atomic mass is 15.1. The highest BCUT2D eigenvalue weighted by Crippen LogP contribution is 2.29. The van der Waals surface area contributed by atoms with Crippen molar-refractivity contribution in [1.29, 1.82) is 0 Å². The van der Waals surface area contributed by atoms with Crippen molar-refractivity contribution < 1.29 is 0 Å². The van der Waals surface area contributed by atoms with Gasteiger partial charge in [-0.25, -0.2) is 0 Å². The van der Waals surface area contributed by atoms with E-state index in [-0.39, 0.29) is 0 Å². The third-order valence-electron chi connectivity index (χ3n) is 4.23. The van der Waals surface area contributed by atoms with Crippen LogP contribution in [0.4, 0.5) is 0 Å². The Morgan fingerprint density at radius 1 is 1.07 bits per heavy atom. The maximum Gasteiger partial charge on any atom is -0.00187 e. The molecule has 0 radical (unpaired) electrons. The van der Waals surface area contributed by atoms with Crippen LogP contribution >= 0.6 is 0 Å². The molecule has 15 heavy (non-hydrogen) atoms. The van der Waals surface area contributed by atoms with E-state index in [2.05, 4.69) is 17.3 Å². The van der Waals surface area contributed by atoms with Gasteiger partial charge in [0.1, 0.15) is 0 Å². The molecule has 0 bridgehead atoms. The molecule has 1 saturated heterocycles. The van der Waals surface area contributed by atoms with E-state index >= 15 is 0 Å². The zero-order chi connectivity index (χ0) is 10.5. The first kappa shape index (κ1) is 11.4. The molecule has 0 spiro atoms. The molecule has 2 heteroatoms. The lowest BCUT2D eigenvalue weighted by Gasteiger charge is -2.28. The Labute approximate surface area is 94.4 Å². The van der Waals surface area contributed by atoms with Gasteiger partial charge in [-0.2, -0.15) is 0 Å². The molecule has 1 saturated carbocycles. The van der Waals surface area contributed by atoms with Crippen molar-refractivity contribution in [2.24, 2.45) is 11.8 Å². The zero-order valence-corrected chi connectivity index (χ0v) is 10.2. The predicted molar refractivity (Wildman–Crippen MR) is 65.0 cm³/mol. The molecule has 0 amide bonds. The minimum atomic E-state index is 0.955. The molecule has 0 aromatic heterocycles. The normalized spacial score (nSPS) is 27.2. The second-order valence-electron chi connectivity index (χ2n) is 5.54. The van der Waals surface area contributed by atoms with E-state index in [0.717, 1.165) is 11.8 Å². The van der Waals surface area contributed by atoms with Crippen molar-refractivity contribution in [2.45, 2.75) is 38.5 Å². The Hall–Kier alpha value is -0.0800. The molecular formula is C13H26N2. The van der Waals surface area contributed by atoms with E-state index in [1.165, 1.54) is 64.7 Å². The van der Waals surface area contributed by atoms with Gasteiger partial charge in [0.15, 0.2) is 0 Å². The standard InChI is InChI=1S/C13H26N2/c1-15(9-6-12-3-2-4-12)10-7-13-5-8-14-11-13/h12-14H,2-11H2,1H3. The molecule has 2 aliphatic rings. The van der Waals surface area contributed by atoms with Gasteiger partial charge in [-0.05, 0) is 64.3 Å². The van der Waals surface area contributed by atoms with E-state index < -0.39 is 0 Å². The molecule has 1 aliphatic heterocycles. The summed E-state index contributed by atoms with van der Waals surface area (Å²) < 4.78 is 0. The average molecular weight is 210 g/mol. The molecule has 2 rings (SSSR count). The molecule has 1 N–H and O–H groups in total. The molecular weight excluding hydrogens is 184 g/mol. The Bertz CT molecular complexity index is 171. The first-order chi connectivity index (χ1) is 7.34. The van der Waals surface area contributed by atoms with Crippen LogP contribution in [-0.2, 0) is 0 Å². The van der Waals surface area contributed by atoms with Gasteiger partial charge >= 0.3 is 0 Å². The van der Waals surface area contributed by atoms with E-state index in [0.29, 0.717) is 0 Å². The molecule has 1 heterocycles. The largest absolute Gasteiger partial charge is 0.316 e. The minimum Gasteiger partial charge on any atom is -0.316 e. The molecule has 88 valence electrons. The SMILES string of the molecule is CN(CCC1CCC1)CCC1CCNC1. The van der Waals surface area contributed by atoms with Crippen molar-refractivity contribution in [3.63, 3.8) is 0 Å². The molecule has 1 unspecified atom stereocenters. The van der Waals surface area contributed by atoms with Gasteiger partial charge in [-0.1, -0.05) is 19.3 Å². The van der Waals surface area contributed by atoms with Crippen molar-refractivity contribution >= 4 is 0 Å². The topological polar surface area (TPSA) is 15.3 Å². The first-order valence-corrected chi connectivity index (χ1v) is 6.74. The van der Waals surface area contributed by atoms with E-state index in [1.54, 1.807) is 0 Å². The second kappa shape index (κ2) is 5.86. The zero-order valence-electron chi connectivity index (χ0n) is 10.2. The summed E-state index contributed by atoms with van der Waals surface area (Å²) >= 11 is 0. The van der Waals surface area contributed by atoms with Crippen LogP contribution in [0.3, 0.4) is 0 Å². The van der Waals surface area contributed by atoms with E-state index in [4.69, 9.17) is 0 Å². The summed E-state index contributed by atoms with van der Waals surface area (Å²) in [6.07, 6.45) is 8.73. The van der Waals surface area contributed by atoms with Gasteiger partial charge in [0, 0.05) is 0 Å². The van der Waals surface area contributed by atoms with E-state index in [9.17, 15) is 0 Å². The van der Waals surface area contributed by atoms with Crippen LogP contribution < -0.4 is 5.32 Å². The second-order valence-corrected chi connectivity index (χ2v) is 5.54. The smallest absolute Gasteiger partial charge is 0.00187 e. The molecule has 0 aromatic carbocycles. The maximum absolute atomic E-state index is 3.45. The van der Waals surface area contributed by atoms with Gasteiger partial charge in [-0.15, -0.1) is 0 Å². The third kappa shape index (κ3) is 3.76. The molecule has 2 nitrogen and oxygen atoms in total. The third-order valence-corrected chi connectivity index (χ3v) is 4.23. The summed E-state index contributed by atoms with van der Waals surface area (Å²) in [5.41, 5.74) is 0. The Kier molecular flexibility index (Phi) is 4.45. The van der Waals surface area contributed by atoms with Crippen LogP contribution in [0.1, 0.15) is 38.5 Å². The summed E-state index contributed by atoms with van der Waals surface area (Å²) in [7, 11) is 2.29. The van der Waals surface area contributed by atoms with Crippen LogP contribution in [0.2, 0.25) is 0 Å². The number of hydrogen-bond acceptors (Lipinski definition) is 2. The van der Waals surface area contributed by atoms with Crippen LogP contribution in [-0.4, -0.2) is 38.1 Å². The fourth-order valence-electron chi connectivity index (χ4n) is 2.66. The quantitative estimate of drug-likeness (QED) is 0.722.